The number of rotatable bonds is 8. The van der Waals surface area contributed by atoms with Crippen molar-refractivity contribution in [3.8, 4) is 0 Å². The van der Waals surface area contributed by atoms with Crippen molar-refractivity contribution in [3.05, 3.63) is 71.3 Å². The van der Waals surface area contributed by atoms with E-state index >= 15 is 0 Å². The molecule has 0 saturated carbocycles. The molecule has 0 aliphatic carbocycles. The molecule has 1 unspecified atom stereocenters. The summed E-state index contributed by atoms with van der Waals surface area (Å²) in [5.41, 5.74) is 2.84. The number of hydrogen-bond acceptors (Lipinski definition) is 3. The molecule has 0 heterocycles. The minimum Gasteiger partial charge on any atom is -0.348 e. The summed E-state index contributed by atoms with van der Waals surface area (Å²) in [7, 11) is 3.95. The molecule has 0 saturated heterocycles. The summed E-state index contributed by atoms with van der Waals surface area (Å²) in [5, 5.41) is 3.05. The van der Waals surface area contributed by atoms with Crippen LogP contribution in [0.4, 0.5) is 0 Å². The number of benzene rings is 2. The third-order valence-corrected chi connectivity index (χ3v) is 4.04. The molecule has 2 rings (SSSR count). The average molecular weight is 338 g/mol. The molecule has 1 N–H and O–H groups in total. The zero-order chi connectivity index (χ0) is 18.2. The van der Waals surface area contributed by atoms with Crippen molar-refractivity contribution in [3.63, 3.8) is 0 Å². The Bertz CT molecular complexity index is 694. The van der Waals surface area contributed by atoms with Gasteiger partial charge in [-0.2, -0.15) is 0 Å². The molecule has 132 valence electrons. The van der Waals surface area contributed by atoms with Gasteiger partial charge in [-0.05, 0) is 26.6 Å². The summed E-state index contributed by atoms with van der Waals surface area (Å²) in [6, 6.07) is 17.3. The summed E-state index contributed by atoms with van der Waals surface area (Å²) in [6.45, 7) is 2.69. The van der Waals surface area contributed by atoms with E-state index in [1.165, 1.54) is 0 Å². The Morgan fingerprint density at radius 3 is 2.20 bits per heavy atom. The molecule has 0 spiro atoms. The van der Waals surface area contributed by atoms with Crippen molar-refractivity contribution in [1.82, 2.24) is 10.2 Å². The highest BCUT2D eigenvalue weighted by molar-refractivity contribution is 5.98. The molecule has 4 heteroatoms. The first-order chi connectivity index (χ1) is 12.0. The van der Waals surface area contributed by atoms with E-state index in [1.54, 1.807) is 0 Å². The standard InChI is InChI=1S/C21H26N2O2/c1-16-9-11-18(12-10-16)20(24)13-14-21(25)22-19(15-23(2)3)17-7-5-4-6-8-17/h4-12,19H,13-15H2,1-3H3,(H,22,25). The highest BCUT2D eigenvalue weighted by Gasteiger charge is 2.16. The lowest BCUT2D eigenvalue weighted by Crippen LogP contribution is -2.35. The fraction of sp³-hybridized carbons (Fsp3) is 0.333. The van der Waals surface area contributed by atoms with Crippen LogP contribution < -0.4 is 5.32 Å². The van der Waals surface area contributed by atoms with Crippen LogP contribution in [-0.2, 0) is 4.79 Å². The molecule has 0 fully saturated rings. The van der Waals surface area contributed by atoms with E-state index in [9.17, 15) is 9.59 Å². The second-order valence-corrected chi connectivity index (χ2v) is 6.58. The SMILES string of the molecule is Cc1ccc(C(=O)CCC(=O)NC(CN(C)C)c2ccccc2)cc1. The number of amides is 1. The van der Waals surface area contributed by atoms with Gasteiger partial charge in [0.2, 0.25) is 5.91 Å². The molecule has 2 aromatic rings. The highest BCUT2D eigenvalue weighted by atomic mass is 16.2. The fourth-order valence-electron chi connectivity index (χ4n) is 2.66. The lowest BCUT2D eigenvalue weighted by Gasteiger charge is -2.23. The summed E-state index contributed by atoms with van der Waals surface area (Å²) < 4.78 is 0. The van der Waals surface area contributed by atoms with Crippen molar-refractivity contribution in [2.75, 3.05) is 20.6 Å². The lowest BCUT2D eigenvalue weighted by molar-refractivity contribution is -0.121. The van der Waals surface area contributed by atoms with Crippen LogP contribution in [0, 0.1) is 6.92 Å². The maximum absolute atomic E-state index is 12.3. The van der Waals surface area contributed by atoms with Crippen LogP contribution in [0.15, 0.2) is 54.6 Å². The van der Waals surface area contributed by atoms with Gasteiger partial charge in [0.05, 0.1) is 6.04 Å². The third-order valence-electron chi connectivity index (χ3n) is 4.04. The monoisotopic (exact) mass is 338 g/mol. The summed E-state index contributed by atoms with van der Waals surface area (Å²) in [6.07, 6.45) is 0.418. The van der Waals surface area contributed by atoms with Crippen LogP contribution in [0.1, 0.15) is 40.4 Å². The van der Waals surface area contributed by atoms with E-state index < -0.39 is 0 Å². The number of carbonyl (C=O) groups excluding carboxylic acids is 2. The van der Waals surface area contributed by atoms with E-state index in [1.807, 2.05) is 80.5 Å². The Balaban J connectivity index is 1.92. The smallest absolute Gasteiger partial charge is 0.220 e. The maximum atomic E-state index is 12.3. The molecule has 2 aromatic carbocycles. The number of Topliss-reactive ketones (excluding diaryl/α,β-unsaturated/α-hetero) is 1. The van der Waals surface area contributed by atoms with Gasteiger partial charge < -0.3 is 10.2 Å². The lowest BCUT2D eigenvalue weighted by atomic mass is 10.0. The quantitative estimate of drug-likeness (QED) is 0.751. The Morgan fingerprint density at radius 2 is 1.60 bits per heavy atom. The van der Waals surface area contributed by atoms with Gasteiger partial charge in [-0.15, -0.1) is 0 Å². The van der Waals surface area contributed by atoms with E-state index in [0.717, 1.165) is 11.1 Å². The molecule has 0 bridgehead atoms. The van der Waals surface area contributed by atoms with Crippen LogP contribution in [0.25, 0.3) is 0 Å². The predicted molar refractivity (Wildman–Crippen MR) is 101 cm³/mol. The molecule has 0 aliphatic heterocycles. The average Bonchev–Trinajstić information content (AvgIpc) is 2.60. The van der Waals surface area contributed by atoms with Crippen LogP contribution in [0.3, 0.4) is 0 Å². The number of likely N-dealkylation sites (N-methyl/N-ethyl adjacent to an activating group) is 1. The molecule has 1 amide bonds. The summed E-state index contributed by atoms with van der Waals surface area (Å²) in [4.78, 5) is 26.6. The van der Waals surface area contributed by atoms with Crippen molar-refractivity contribution in [2.24, 2.45) is 0 Å². The van der Waals surface area contributed by atoms with Gasteiger partial charge >= 0.3 is 0 Å². The topological polar surface area (TPSA) is 49.4 Å². The first kappa shape index (κ1) is 18.9. The maximum Gasteiger partial charge on any atom is 0.220 e. The minimum absolute atomic E-state index is 0.000907. The number of ketones is 1. The van der Waals surface area contributed by atoms with Gasteiger partial charge in [-0.1, -0.05) is 60.2 Å². The van der Waals surface area contributed by atoms with Crippen LogP contribution in [0.5, 0.6) is 0 Å². The molecule has 1 atom stereocenters. The summed E-state index contributed by atoms with van der Waals surface area (Å²) in [5.74, 6) is -0.102. The van der Waals surface area contributed by atoms with Crippen LogP contribution in [-0.4, -0.2) is 37.2 Å². The zero-order valence-corrected chi connectivity index (χ0v) is 15.2. The molecular formula is C21H26N2O2. The first-order valence-electron chi connectivity index (χ1n) is 8.54. The van der Waals surface area contributed by atoms with Crippen molar-refractivity contribution < 1.29 is 9.59 Å². The van der Waals surface area contributed by atoms with Gasteiger partial charge in [0.1, 0.15) is 0 Å². The largest absolute Gasteiger partial charge is 0.348 e. The van der Waals surface area contributed by atoms with E-state index in [4.69, 9.17) is 0 Å². The van der Waals surface area contributed by atoms with Gasteiger partial charge in [0, 0.05) is 24.9 Å². The van der Waals surface area contributed by atoms with Crippen LogP contribution >= 0.6 is 0 Å². The number of carbonyl (C=O) groups is 2. The fourth-order valence-corrected chi connectivity index (χ4v) is 2.66. The van der Waals surface area contributed by atoms with Gasteiger partial charge in [0.25, 0.3) is 0 Å². The number of hydrogen-bond donors (Lipinski definition) is 1. The second kappa shape index (κ2) is 9.14. The summed E-state index contributed by atoms with van der Waals surface area (Å²) >= 11 is 0. The molecular weight excluding hydrogens is 312 g/mol. The molecule has 0 aliphatic rings. The molecule has 25 heavy (non-hydrogen) atoms. The Morgan fingerprint density at radius 1 is 0.960 bits per heavy atom. The second-order valence-electron chi connectivity index (χ2n) is 6.58. The van der Waals surface area contributed by atoms with E-state index in [-0.39, 0.29) is 30.6 Å². The van der Waals surface area contributed by atoms with E-state index in [0.29, 0.717) is 12.1 Å². The number of nitrogens with zero attached hydrogens (tertiary/aromatic N) is 1. The van der Waals surface area contributed by atoms with Gasteiger partial charge in [-0.25, -0.2) is 0 Å². The minimum atomic E-state index is -0.101. The van der Waals surface area contributed by atoms with Gasteiger partial charge in [0.15, 0.2) is 5.78 Å². The Labute approximate surface area is 149 Å². The number of aryl methyl sites for hydroxylation is 1. The normalized spacial score (nSPS) is 12.0. The number of nitrogens with one attached hydrogen (secondary N) is 1. The Hall–Kier alpha value is -2.46. The predicted octanol–water partition coefficient (Wildman–Crippen LogP) is 3.38. The van der Waals surface area contributed by atoms with Crippen LogP contribution in [0.2, 0.25) is 0 Å². The Kier molecular flexibility index (Phi) is 6.90. The van der Waals surface area contributed by atoms with Gasteiger partial charge in [-0.3, -0.25) is 9.59 Å². The van der Waals surface area contributed by atoms with Crippen molar-refractivity contribution in [2.45, 2.75) is 25.8 Å². The van der Waals surface area contributed by atoms with Crippen molar-refractivity contribution >= 4 is 11.7 Å². The first-order valence-corrected chi connectivity index (χ1v) is 8.54. The van der Waals surface area contributed by atoms with Crippen molar-refractivity contribution in [1.29, 1.82) is 0 Å². The zero-order valence-electron chi connectivity index (χ0n) is 15.2. The third kappa shape index (κ3) is 6.16. The molecule has 0 aromatic heterocycles. The molecule has 4 nitrogen and oxygen atoms in total. The molecule has 0 radical (unpaired) electrons. The van der Waals surface area contributed by atoms with E-state index in [2.05, 4.69) is 5.32 Å². The highest BCUT2D eigenvalue weighted by Crippen LogP contribution is 2.14.